The molecule has 31 heavy (non-hydrogen) atoms. The Balaban J connectivity index is 1.65. The van der Waals surface area contributed by atoms with Crippen LogP contribution in [0.4, 0.5) is 0 Å². The molecule has 0 aliphatic carbocycles. The first-order valence-electron chi connectivity index (χ1n) is 9.99. The summed E-state index contributed by atoms with van der Waals surface area (Å²) < 4.78 is 2.21. The summed E-state index contributed by atoms with van der Waals surface area (Å²) in [6.45, 7) is 2.26. The van der Waals surface area contributed by atoms with Gasteiger partial charge < -0.3 is 0 Å². The highest BCUT2D eigenvalue weighted by Gasteiger charge is 2.15. The van der Waals surface area contributed by atoms with E-state index in [9.17, 15) is 0 Å². The second-order valence-electron chi connectivity index (χ2n) is 7.37. The summed E-state index contributed by atoms with van der Waals surface area (Å²) in [7, 11) is 0. The SMILES string of the molecule is Clc1ncc(-c2ccccc2)cc1CN(Cc1ccccc1Br)Cc1ccccc1Br. The molecule has 0 unspecified atom stereocenters. The summed E-state index contributed by atoms with van der Waals surface area (Å²) in [6, 6.07) is 29.1. The summed E-state index contributed by atoms with van der Waals surface area (Å²) in [6.07, 6.45) is 1.84. The molecule has 156 valence electrons. The molecular weight excluding hydrogens is 536 g/mol. The number of aromatic nitrogens is 1. The van der Waals surface area contributed by atoms with Crippen molar-refractivity contribution in [2.75, 3.05) is 0 Å². The van der Waals surface area contributed by atoms with E-state index in [2.05, 4.69) is 96.3 Å². The van der Waals surface area contributed by atoms with Crippen molar-refractivity contribution in [1.82, 2.24) is 9.88 Å². The predicted molar refractivity (Wildman–Crippen MR) is 136 cm³/mol. The topological polar surface area (TPSA) is 16.1 Å². The van der Waals surface area contributed by atoms with E-state index in [0.717, 1.165) is 38.7 Å². The number of rotatable bonds is 7. The van der Waals surface area contributed by atoms with Crippen LogP contribution in [0.25, 0.3) is 11.1 Å². The number of pyridine rings is 1. The zero-order chi connectivity index (χ0) is 21.6. The van der Waals surface area contributed by atoms with Crippen molar-refractivity contribution < 1.29 is 0 Å². The highest BCUT2D eigenvalue weighted by molar-refractivity contribution is 9.10. The van der Waals surface area contributed by atoms with Crippen LogP contribution in [0.15, 0.2) is 100 Å². The third-order valence-electron chi connectivity index (χ3n) is 5.12. The van der Waals surface area contributed by atoms with Gasteiger partial charge in [-0.2, -0.15) is 0 Å². The molecule has 0 spiro atoms. The van der Waals surface area contributed by atoms with Gasteiger partial charge >= 0.3 is 0 Å². The van der Waals surface area contributed by atoms with Crippen LogP contribution in [0.5, 0.6) is 0 Å². The molecule has 1 heterocycles. The highest BCUT2D eigenvalue weighted by Crippen LogP contribution is 2.27. The molecule has 2 nitrogen and oxygen atoms in total. The first-order valence-corrected chi connectivity index (χ1v) is 12.0. The van der Waals surface area contributed by atoms with Crippen molar-refractivity contribution in [3.63, 3.8) is 0 Å². The van der Waals surface area contributed by atoms with Gasteiger partial charge in [0.25, 0.3) is 0 Å². The van der Waals surface area contributed by atoms with Crippen LogP contribution >= 0.6 is 43.5 Å². The van der Waals surface area contributed by atoms with Gasteiger partial charge in [0.05, 0.1) is 0 Å². The van der Waals surface area contributed by atoms with Gasteiger partial charge in [0.15, 0.2) is 0 Å². The van der Waals surface area contributed by atoms with Gasteiger partial charge in [-0.3, -0.25) is 4.90 Å². The number of nitrogens with zero attached hydrogens (tertiary/aromatic N) is 2. The Labute approximate surface area is 205 Å². The van der Waals surface area contributed by atoms with Gasteiger partial charge in [0.1, 0.15) is 5.15 Å². The molecule has 0 saturated carbocycles. The number of hydrogen-bond acceptors (Lipinski definition) is 2. The zero-order valence-electron chi connectivity index (χ0n) is 16.8. The molecule has 0 saturated heterocycles. The van der Waals surface area contributed by atoms with Gasteiger partial charge in [0.2, 0.25) is 0 Å². The van der Waals surface area contributed by atoms with Crippen LogP contribution in [0.1, 0.15) is 16.7 Å². The molecule has 4 rings (SSSR count). The van der Waals surface area contributed by atoms with E-state index in [0.29, 0.717) is 11.7 Å². The molecule has 0 radical (unpaired) electrons. The molecule has 0 bridgehead atoms. The zero-order valence-corrected chi connectivity index (χ0v) is 20.7. The minimum Gasteiger partial charge on any atom is -0.290 e. The van der Waals surface area contributed by atoms with E-state index in [1.54, 1.807) is 0 Å². The van der Waals surface area contributed by atoms with E-state index >= 15 is 0 Å². The van der Waals surface area contributed by atoms with E-state index < -0.39 is 0 Å². The Morgan fingerprint density at radius 2 is 1.16 bits per heavy atom. The predicted octanol–water partition coefficient (Wildman–Crippen LogP) is 8.13. The fraction of sp³-hybridized carbons (Fsp3) is 0.115. The van der Waals surface area contributed by atoms with Crippen LogP contribution < -0.4 is 0 Å². The van der Waals surface area contributed by atoms with E-state index in [-0.39, 0.29) is 0 Å². The Kier molecular flexibility index (Phi) is 7.57. The molecule has 5 heteroatoms. The van der Waals surface area contributed by atoms with Crippen LogP contribution in [-0.4, -0.2) is 9.88 Å². The average Bonchev–Trinajstić information content (AvgIpc) is 2.79. The molecule has 0 aliphatic heterocycles. The Morgan fingerprint density at radius 1 is 0.645 bits per heavy atom. The third kappa shape index (κ3) is 5.83. The van der Waals surface area contributed by atoms with Crippen molar-refractivity contribution >= 4 is 43.5 Å². The lowest BCUT2D eigenvalue weighted by Crippen LogP contribution is -2.23. The van der Waals surface area contributed by atoms with E-state index in [1.807, 2.05) is 36.5 Å². The smallest absolute Gasteiger partial charge is 0.133 e. The lowest BCUT2D eigenvalue weighted by molar-refractivity contribution is 0.246. The van der Waals surface area contributed by atoms with Gasteiger partial charge in [-0.1, -0.05) is 110 Å². The Morgan fingerprint density at radius 3 is 1.74 bits per heavy atom. The summed E-state index contributed by atoms with van der Waals surface area (Å²) >= 11 is 13.9. The monoisotopic (exact) mass is 554 g/mol. The molecule has 1 aromatic heterocycles. The fourth-order valence-electron chi connectivity index (χ4n) is 3.54. The normalized spacial score (nSPS) is 11.1. The first-order chi connectivity index (χ1) is 15.1. The van der Waals surface area contributed by atoms with Crippen LogP contribution in [0.3, 0.4) is 0 Å². The summed E-state index contributed by atoms with van der Waals surface area (Å²) in [5.41, 5.74) is 5.69. The first kappa shape index (κ1) is 22.2. The van der Waals surface area contributed by atoms with Crippen molar-refractivity contribution in [1.29, 1.82) is 0 Å². The van der Waals surface area contributed by atoms with Gasteiger partial charge in [0, 0.05) is 45.9 Å². The standard InChI is InChI=1S/C26H21Br2ClN2/c27-24-12-6-4-10-20(24)16-31(17-21-11-5-7-13-25(21)28)18-23-14-22(15-30-26(23)29)19-8-2-1-3-9-19/h1-15H,16-18H2. The Hall–Kier alpha value is -1.98. The van der Waals surface area contributed by atoms with Crippen molar-refractivity contribution in [3.8, 4) is 11.1 Å². The molecule has 0 aliphatic rings. The third-order valence-corrected chi connectivity index (χ3v) is 7.00. The van der Waals surface area contributed by atoms with Crippen LogP contribution in [0, 0.1) is 0 Å². The largest absolute Gasteiger partial charge is 0.290 e. The lowest BCUT2D eigenvalue weighted by atomic mass is 10.1. The maximum absolute atomic E-state index is 6.54. The minimum absolute atomic E-state index is 0.545. The molecule has 0 amide bonds. The molecule has 0 N–H and O–H groups in total. The number of benzene rings is 3. The van der Waals surface area contributed by atoms with Crippen LogP contribution in [0.2, 0.25) is 5.15 Å². The second-order valence-corrected chi connectivity index (χ2v) is 9.43. The molecule has 3 aromatic carbocycles. The van der Waals surface area contributed by atoms with E-state index in [1.165, 1.54) is 11.1 Å². The molecule has 0 atom stereocenters. The average molecular weight is 557 g/mol. The van der Waals surface area contributed by atoms with Crippen molar-refractivity contribution in [2.45, 2.75) is 19.6 Å². The van der Waals surface area contributed by atoms with Crippen molar-refractivity contribution in [2.24, 2.45) is 0 Å². The summed E-state index contributed by atoms with van der Waals surface area (Å²) in [4.78, 5) is 6.86. The maximum atomic E-state index is 6.54. The quantitative estimate of drug-likeness (QED) is 0.214. The number of hydrogen-bond donors (Lipinski definition) is 0. The second kappa shape index (κ2) is 10.6. The lowest BCUT2D eigenvalue weighted by Gasteiger charge is -2.24. The molecular formula is C26H21Br2ClN2. The molecule has 4 aromatic rings. The van der Waals surface area contributed by atoms with Crippen molar-refractivity contribution in [3.05, 3.63) is 122 Å². The number of halogens is 3. The minimum atomic E-state index is 0.545. The van der Waals surface area contributed by atoms with Gasteiger partial charge in [-0.15, -0.1) is 0 Å². The summed E-state index contributed by atoms with van der Waals surface area (Å²) in [5.74, 6) is 0. The highest BCUT2D eigenvalue weighted by atomic mass is 79.9. The van der Waals surface area contributed by atoms with E-state index in [4.69, 9.17) is 11.6 Å². The Bertz CT molecular complexity index is 1120. The maximum Gasteiger partial charge on any atom is 0.133 e. The summed E-state index contributed by atoms with van der Waals surface area (Å²) in [5, 5.41) is 0.545. The van der Waals surface area contributed by atoms with Crippen LogP contribution in [-0.2, 0) is 19.6 Å². The van der Waals surface area contributed by atoms with Gasteiger partial charge in [-0.05, 0) is 34.9 Å². The fourth-order valence-corrected chi connectivity index (χ4v) is 4.52. The van der Waals surface area contributed by atoms with Gasteiger partial charge in [-0.25, -0.2) is 4.98 Å². The molecule has 0 fully saturated rings.